The van der Waals surface area contributed by atoms with Gasteiger partial charge in [-0.3, -0.25) is 0 Å². The number of pyridine rings is 1. The van der Waals surface area contributed by atoms with Crippen molar-refractivity contribution in [2.75, 3.05) is 13.7 Å². The van der Waals surface area contributed by atoms with Gasteiger partial charge in [0.05, 0.1) is 24.9 Å². The van der Waals surface area contributed by atoms with Crippen LogP contribution in [-0.2, 0) is 15.9 Å². The number of hydrogen-bond acceptors (Lipinski definition) is 6. The van der Waals surface area contributed by atoms with Crippen molar-refractivity contribution in [2.45, 2.75) is 64.8 Å². The standard InChI is InChI=1S/C24H32BNO5/c1-23(2)24(3,4)31-25(30-23)19-13-21(28-15-17-7-6-8-17)22(26-14-19)29-16-18-9-11-20(27-5)12-10-18/h9-14,17H,6-8,15-16H2,1-5H3. The molecule has 1 saturated heterocycles. The van der Waals surface area contributed by atoms with Gasteiger partial charge in [0, 0.05) is 11.7 Å². The first kappa shape index (κ1) is 22.0. The molecule has 2 aromatic rings. The molecule has 0 radical (unpaired) electrons. The predicted molar refractivity (Wildman–Crippen MR) is 120 cm³/mol. The third-order valence-corrected chi connectivity index (χ3v) is 6.60. The van der Waals surface area contributed by atoms with E-state index >= 15 is 0 Å². The summed E-state index contributed by atoms with van der Waals surface area (Å²) in [4.78, 5) is 4.56. The average molecular weight is 425 g/mol. The first-order valence-corrected chi connectivity index (χ1v) is 11.0. The van der Waals surface area contributed by atoms with Crippen molar-refractivity contribution in [3.63, 3.8) is 0 Å². The van der Waals surface area contributed by atoms with E-state index in [-0.39, 0.29) is 0 Å². The molecule has 1 aliphatic carbocycles. The van der Waals surface area contributed by atoms with Crippen LogP contribution in [0.2, 0.25) is 0 Å². The normalized spacial score (nSPS) is 19.7. The van der Waals surface area contributed by atoms with Crippen LogP contribution in [0.4, 0.5) is 0 Å². The van der Waals surface area contributed by atoms with Crippen molar-refractivity contribution in [3.05, 3.63) is 42.1 Å². The Labute approximate surface area is 185 Å². The largest absolute Gasteiger partial charge is 0.497 e. The summed E-state index contributed by atoms with van der Waals surface area (Å²) in [6.45, 7) is 9.24. The van der Waals surface area contributed by atoms with E-state index in [1.165, 1.54) is 19.3 Å². The van der Waals surface area contributed by atoms with Gasteiger partial charge < -0.3 is 23.5 Å². The zero-order chi connectivity index (χ0) is 22.1. The van der Waals surface area contributed by atoms with Crippen molar-refractivity contribution >= 4 is 12.6 Å². The minimum atomic E-state index is -0.487. The van der Waals surface area contributed by atoms with Crippen LogP contribution in [0.5, 0.6) is 17.4 Å². The molecule has 0 amide bonds. The Bertz CT molecular complexity index is 879. The van der Waals surface area contributed by atoms with Gasteiger partial charge >= 0.3 is 7.12 Å². The Morgan fingerprint density at radius 2 is 1.71 bits per heavy atom. The van der Waals surface area contributed by atoms with Gasteiger partial charge in [-0.2, -0.15) is 0 Å². The molecule has 1 aliphatic heterocycles. The average Bonchev–Trinajstić information content (AvgIpc) is 2.93. The summed E-state index contributed by atoms with van der Waals surface area (Å²) in [6, 6.07) is 9.74. The molecule has 4 rings (SSSR count). The predicted octanol–water partition coefficient (Wildman–Crippen LogP) is 4.15. The topological polar surface area (TPSA) is 59.0 Å². The third-order valence-electron chi connectivity index (χ3n) is 6.60. The van der Waals surface area contributed by atoms with Crippen LogP contribution in [-0.4, -0.2) is 37.0 Å². The summed E-state index contributed by atoms with van der Waals surface area (Å²) >= 11 is 0. The second-order valence-corrected chi connectivity index (χ2v) is 9.40. The van der Waals surface area contributed by atoms with E-state index in [1.807, 2.05) is 58.0 Å². The lowest BCUT2D eigenvalue weighted by molar-refractivity contribution is 0.00578. The Morgan fingerprint density at radius 1 is 1.03 bits per heavy atom. The molecule has 1 saturated carbocycles. The fraction of sp³-hybridized carbons (Fsp3) is 0.542. The lowest BCUT2D eigenvalue weighted by atomic mass is 9.80. The molecule has 0 atom stereocenters. The number of aromatic nitrogens is 1. The highest BCUT2D eigenvalue weighted by molar-refractivity contribution is 6.62. The summed E-state index contributed by atoms with van der Waals surface area (Å²) in [5.74, 6) is 2.54. The molecule has 0 unspecified atom stereocenters. The summed E-state index contributed by atoms with van der Waals surface area (Å²) in [5.41, 5.74) is 1.05. The monoisotopic (exact) mass is 425 g/mol. The molecule has 6 nitrogen and oxygen atoms in total. The molecule has 31 heavy (non-hydrogen) atoms. The van der Waals surface area contributed by atoms with E-state index < -0.39 is 18.3 Å². The van der Waals surface area contributed by atoms with Gasteiger partial charge in [-0.05, 0) is 70.2 Å². The van der Waals surface area contributed by atoms with Crippen LogP contribution in [0.15, 0.2) is 36.5 Å². The first-order valence-electron chi connectivity index (χ1n) is 11.0. The van der Waals surface area contributed by atoms with E-state index in [0.717, 1.165) is 16.8 Å². The van der Waals surface area contributed by atoms with Crippen molar-refractivity contribution < 1.29 is 23.5 Å². The van der Waals surface area contributed by atoms with Gasteiger partial charge in [-0.15, -0.1) is 0 Å². The van der Waals surface area contributed by atoms with Gasteiger partial charge in [0.15, 0.2) is 5.75 Å². The minimum absolute atomic E-state index is 0.395. The molecular formula is C24H32BNO5. The van der Waals surface area contributed by atoms with Crippen molar-refractivity contribution in [1.29, 1.82) is 0 Å². The molecule has 166 valence electrons. The Balaban J connectivity index is 1.51. The van der Waals surface area contributed by atoms with E-state index in [1.54, 1.807) is 13.3 Å². The number of ether oxygens (including phenoxy) is 3. The summed E-state index contributed by atoms with van der Waals surface area (Å²) < 4.78 is 29.8. The summed E-state index contributed by atoms with van der Waals surface area (Å²) in [7, 11) is 1.17. The quantitative estimate of drug-likeness (QED) is 0.593. The number of hydrogen-bond donors (Lipinski definition) is 0. The molecule has 2 aliphatic rings. The number of rotatable bonds is 8. The van der Waals surface area contributed by atoms with Gasteiger partial charge in [-0.1, -0.05) is 18.6 Å². The zero-order valence-corrected chi connectivity index (χ0v) is 19.1. The fourth-order valence-corrected chi connectivity index (χ4v) is 3.51. The lowest BCUT2D eigenvalue weighted by Gasteiger charge is -2.32. The van der Waals surface area contributed by atoms with Crippen LogP contribution in [0, 0.1) is 5.92 Å². The molecule has 0 N–H and O–H groups in total. The highest BCUT2D eigenvalue weighted by Crippen LogP contribution is 2.37. The van der Waals surface area contributed by atoms with E-state index in [4.69, 9.17) is 23.5 Å². The molecule has 0 spiro atoms. The first-order chi connectivity index (χ1) is 14.8. The van der Waals surface area contributed by atoms with Gasteiger partial charge in [0.2, 0.25) is 0 Å². The van der Waals surface area contributed by atoms with Crippen LogP contribution >= 0.6 is 0 Å². The summed E-state index contributed by atoms with van der Waals surface area (Å²) in [5, 5.41) is 0. The lowest BCUT2D eigenvalue weighted by Crippen LogP contribution is -2.41. The molecule has 2 fully saturated rings. The molecule has 7 heteroatoms. The van der Waals surface area contributed by atoms with E-state index in [9.17, 15) is 0 Å². The zero-order valence-electron chi connectivity index (χ0n) is 19.1. The molecule has 1 aromatic heterocycles. The smallest absolute Gasteiger partial charge is 0.496 e. The SMILES string of the molecule is COc1ccc(COc2ncc(B3OC(C)(C)C(C)(C)O3)cc2OCC2CCC2)cc1. The highest BCUT2D eigenvalue weighted by Gasteiger charge is 2.52. The van der Waals surface area contributed by atoms with Crippen molar-refractivity contribution in [3.8, 4) is 17.4 Å². The Kier molecular flexibility index (Phi) is 6.17. The molecular weight excluding hydrogens is 393 g/mol. The Morgan fingerprint density at radius 3 is 2.29 bits per heavy atom. The second-order valence-electron chi connectivity index (χ2n) is 9.40. The van der Waals surface area contributed by atoms with Crippen LogP contribution in [0.1, 0.15) is 52.5 Å². The van der Waals surface area contributed by atoms with Gasteiger partial charge in [0.1, 0.15) is 12.4 Å². The summed E-state index contributed by atoms with van der Waals surface area (Å²) in [6.07, 6.45) is 5.46. The molecule has 2 heterocycles. The number of methoxy groups -OCH3 is 1. The van der Waals surface area contributed by atoms with Gasteiger partial charge in [-0.25, -0.2) is 4.98 Å². The van der Waals surface area contributed by atoms with Crippen LogP contribution in [0.3, 0.4) is 0 Å². The van der Waals surface area contributed by atoms with Crippen molar-refractivity contribution in [1.82, 2.24) is 4.98 Å². The van der Waals surface area contributed by atoms with E-state index in [2.05, 4.69) is 4.98 Å². The minimum Gasteiger partial charge on any atom is -0.497 e. The van der Waals surface area contributed by atoms with Crippen LogP contribution in [0.25, 0.3) is 0 Å². The maximum Gasteiger partial charge on any atom is 0.496 e. The third kappa shape index (κ3) is 4.83. The highest BCUT2D eigenvalue weighted by atomic mass is 16.7. The fourth-order valence-electron chi connectivity index (χ4n) is 3.51. The number of nitrogens with zero attached hydrogens (tertiary/aromatic N) is 1. The second kappa shape index (κ2) is 8.71. The molecule has 0 bridgehead atoms. The van der Waals surface area contributed by atoms with Gasteiger partial charge in [0.25, 0.3) is 5.88 Å². The Hall–Kier alpha value is -2.25. The molecule has 1 aromatic carbocycles. The maximum atomic E-state index is 6.18. The van der Waals surface area contributed by atoms with Crippen LogP contribution < -0.4 is 19.7 Å². The van der Waals surface area contributed by atoms with E-state index in [0.29, 0.717) is 30.8 Å². The number of benzene rings is 1. The maximum absolute atomic E-state index is 6.18. The van der Waals surface area contributed by atoms with Crippen molar-refractivity contribution in [2.24, 2.45) is 5.92 Å².